The standard InChI is InChI=1S/C34H45NO7/c1-34(23-36,24-37)25-42-32(39)12-8-3-2-7-11-29-31(21-30(38)33(29)35-17-19-40-20-18-35)41-22-26-13-15-28(16-14-26)27-9-5-4-6-10-27/h2,4-7,9-10,13-16,29,31,33,36-37H,3,8,11-12,17-25H2,1H3/b7-2-/t29-,31?,33?/m0/s1. The molecule has 0 radical (unpaired) electrons. The minimum atomic E-state index is -0.824. The van der Waals surface area contributed by atoms with Crippen LogP contribution < -0.4 is 0 Å². The van der Waals surface area contributed by atoms with Crippen LogP contribution in [0.25, 0.3) is 11.1 Å². The number of hydrogen-bond donors (Lipinski definition) is 2. The highest BCUT2D eigenvalue weighted by Crippen LogP contribution is 2.34. The highest BCUT2D eigenvalue weighted by atomic mass is 16.5. The normalized spacial score (nSPS) is 21.7. The van der Waals surface area contributed by atoms with E-state index in [-0.39, 0.29) is 56.1 Å². The third kappa shape index (κ3) is 9.06. The van der Waals surface area contributed by atoms with Gasteiger partial charge in [-0.05, 0) is 36.0 Å². The van der Waals surface area contributed by atoms with E-state index in [0.717, 1.165) is 30.6 Å². The molecule has 1 aliphatic carbocycles. The molecule has 4 rings (SSSR count). The van der Waals surface area contributed by atoms with Crippen molar-refractivity contribution in [3.8, 4) is 11.1 Å². The summed E-state index contributed by atoms with van der Waals surface area (Å²) in [6.45, 7) is 4.38. The topological polar surface area (TPSA) is 106 Å². The fraction of sp³-hybridized carbons (Fsp3) is 0.529. The second-order valence-electron chi connectivity index (χ2n) is 11.7. The van der Waals surface area contributed by atoms with Gasteiger partial charge >= 0.3 is 5.97 Å². The van der Waals surface area contributed by atoms with E-state index in [4.69, 9.17) is 14.2 Å². The number of ether oxygens (including phenoxy) is 3. The highest BCUT2D eigenvalue weighted by molar-refractivity contribution is 5.87. The molecule has 42 heavy (non-hydrogen) atoms. The van der Waals surface area contributed by atoms with Crippen LogP contribution in [-0.4, -0.2) is 85.1 Å². The van der Waals surface area contributed by atoms with Crippen LogP contribution in [-0.2, 0) is 30.4 Å². The molecule has 2 unspecified atom stereocenters. The van der Waals surface area contributed by atoms with Crippen molar-refractivity contribution in [1.82, 2.24) is 4.90 Å². The Balaban J connectivity index is 1.30. The second kappa shape index (κ2) is 16.1. The van der Waals surface area contributed by atoms with Crippen molar-refractivity contribution in [1.29, 1.82) is 0 Å². The van der Waals surface area contributed by atoms with Crippen molar-refractivity contribution >= 4 is 11.8 Å². The van der Waals surface area contributed by atoms with Gasteiger partial charge in [-0.1, -0.05) is 73.7 Å². The number of hydrogen-bond acceptors (Lipinski definition) is 8. The first kappa shape index (κ1) is 32.0. The van der Waals surface area contributed by atoms with E-state index in [1.54, 1.807) is 6.92 Å². The van der Waals surface area contributed by atoms with Gasteiger partial charge in [0.15, 0.2) is 5.78 Å². The zero-order chi connectivity index (χ0) is 29.8. The average molecular weight is 580 g/mol. The molecule has 0 bridgehead atoms. The van der Waals surface area contributed by atoms with Crippen LogP contribution in [0.2, 0.25) is 0 Å². The minimum absolute atomic E-state index is 0.00807. The van der Waals surface area contributed by atoms with Crippen molar-refractivity contribution in [3.63, 3.8) is 0 Å². The van der Waals surface area contributed by atoms with Gasteiger partial charge in [0.2, 0.25) is 0 Å². The molecule has 2 aromatic rings. The van der Waals surface area contributed by atoms with Gasteiger partial charge in [-0.2, -0.15) is 0 Å². The number of nitrogens with zero attached hydrogens (tertiary/aromatic N) is 1. The van der Waals surface area contributed by atoms with Gasteiger partial charge in [-0.15, -0.1) is 0 Å². The predicted octanol–water partition coefficient (Wildman–Crippen LogP) is 4.18. The first-order valence-electron chi connectivity index (χ1n) is 15.1. The molecular formula is C34H45NO7. The number of morpholine rings is 1. The van der Waals surface area contributed by atoms with Crippen molar-refractivity contribution in [2.24, 2.45) is 11.3 Å². The fourth-order valence-corrected chi connectivity index (χ4v) is 5.54. The van der Waals surface area contributed by atoms with E-state index in [1.807, 2.05) is 18.2 Å². The van der Waals surface area contributed by atoms with Gasteiger partial charge in [0.25, 0.3) is 0 Å². The lowest BCUT2D eigenvalue weighted by atomic mass is 9.94. The summed E-state index contributed by atoms with van der Waals surface area (Å²) in [5, 5.41) is 18.7. The number of esters is 1. The van der Waals surface area contributed by atoms with Crippen LogP contribution in [0, 0.1) is 11.3 Å². The molecule has 1 heterocycles. The fourth-order valence-electron chi connectivity index (χ4n) is 5.54. The molecular weight excluding hydrogens is 534 g/mol. The Bertz CT molecular complexity index is 1140. The number of ketones is 1. The summed E-state index contributed by atoms with van der Waals surface area (Å²) in [6, 6.07) is 18.5. The number of carbonyl (C=O) groups is 2. The summed E-state index contributed by atoms with van der Waals surface area (Å²) in [5.74, 6) is -0.0501. The maximum absolute atomic E-state index is 13.2. The predicted molar refractivity (Wildman–Crippen MR) is 161 cm³/mol. The van der Waals surface area contributed by atoms with Crippen molar-refractivity contribution in [3.05, 3.63) is 72.3 Å². The Morgan fingerprint density at radius 3 is 2.40 bits per heavy atom. The number of unbranched alkanes of at least 4 members (excludes halogenated alkanes) is 1. The molecule has 2 aromatic carbocycles. The van der Waals surface area contributed by atoms with E-state index >= 15 is 0 Å². The van der Waals surface area contributed by atoms with Crippen LogP contribution in [0.3, 0.4) is 0 Å². The average Bonchev–Trinajstić information content (AvgIpc) is 3.35. The number of rotatable bonds is 15. The Hall–Kier alpha value is -2.88. The lowest BCUT2D eigenvalue weighted by molar-refractivity contribution is -0.149. The Morgan fingerprint density at radius 2 is 1.71 bits per heavy atom. The van der Waals surface area contributed by atoms with E-state index in [2.05, 4.69) is 53.5 Å². The molecule has 8 heteroatoms. The molecule has 8 nitrogen and oxygen atoms in total. The lowest BCUT2D eigenvalue weighted by Gasteiger charge is -2.35. The third-order valence-electron chi connectivity index (χ3n) is 8.25. The number of aliphatic hydroxyl groups excluding tert-OH is 2. The van der Waals surface area contributed by atoms with Crippen LogP contribution >= 0.6 is 0 Å². The first-order valence-corrected chi connectivity index (χ1v) is 15.1. The summed E-state index contributed by atoms with van der Waals surface area (Å²) in [5.41, 5.74) is 2.59. The maximum Gasteiger partial charge on any atom is 0.305 e. The van der Waals surface area contributed by atoms with Gasteiger partial charge in [0.05, 0.1) is 45.2 Å². The zero-order valence-electron chi connectivity index (χ0n) is 24.7. The molecule has 2 N–H and O–H groups in total. The van der Waals surface area contributed by atoms with Gasteiger partial charge < -0.3 is 24.4 Å². The summed E-state index contributed by atoms with van der Waals surface area (Å²) >= 11 is 0. The molecule has 0 aromatic heterocycles. The smallest absolute Gasteiger partial charge is 0.305 e. The Labute approximate surface area is 249 Å². The SMILES string of the molecule is CC(CO)(CO)COC(=O)CCC/C=C\C[C@H]1C(OCc2ccc(-c3ccccc3)cc2)CC(=O)C1N1CCOCC1. The van der Waals surface area contributed by atoms with Crippen LogP contribution in [0.1, 0.15) is 44.6 Å². The van der Waals surface area contributed by atoms with Gasteiger partial charge in [0, 0.05) is 37.3 Å². The van der Waals surface area contributed by atoms with E-state index in [0.29, 0.717) is 39.1 Å². The largest absolute Gasteiger partial charge is 0.465 e. The van der Waals surface area contributed by atoms with E-state index in [9.17, 15) is 19.8 Å². The first-order chi connectivity index (χ1) is 20.4. The zero-order valence-corrected chi connectivity index (χ0v) is 24.7. The molecule has 2 fully saturated rings. The summed E-state index contributed by atoms with van der Waals surface area (Å²) < 4.78 is 17.2. The molecule has 3 atom stereocenters. The minimum Gasteiger partial charge on any atom is -0.465 e. The number of allylic oxidation sites excluding steroid dienone is 2. The number of benzene rings is 2. The van der Waals surface area contributed by atoms with Crippen molar-refractivity contribution < 1.29 is 34.0 Å². The molecule has 1 aliphatic heterocycles. The van der Waals surface area contributed by atoms with Crippen LogP contribution in [0.4, 0.5) is 0 Å². The highest BCUT2D eigenvalue weighted by Gasteiger charge is 2.45. The number of aliphatic hydroxyl groups is 2. The molecule has 228 valence electrons. The third-order valence-corrected chi connectivity index (χ3v) is 8.25. The van der Waals surface area contributed by atoms with Crippen molar-refractivity contribution in [2.75, 3.05) is 46.1 Å². The molecule has 1 saturated carbocycles. The summed E-state index contributed by atoms with van der Waals surface area (Å²) in [7, 11) is 0. The monoisotopic (exact) mass is 579 g/mol. The summed E-state index contributed by atoms with van der Waals surface area (Å²) in [4.78, 5) is 27.5. The molecule has 1 saturated heterocycles. The number of Topliss-reactive ketones (excluding diaryl/α,β-unsaturated/α-hetero) is 1. The number of carbonyl (C=O) groups excluding carboxylic acids is 2. The maximum atomic E-state index is 13.2. The lowest BCUT2D eigenvalue weighted by Crippen LogP contribution is -2.49. The molecule has 0 spiro atoms. The molecule has 0 amide bonds. The van der Waals surface area contributed by atoms with Crippen LogP contribution in [0.15, 0.2) is 66.7 Å². The van der Waals surface area contributed by atoms with Crippen molar-refractivity contribution in [2.45, 2.75) is 57.8 Å². The van der Waals surface area contributed by atoms with Crippen LogP contribution in [0.5, 0.6) is 0 Å². The van der Waals surface area contributed by atoms with E-state index < -0.39 is 5.41 Å². The van der Waals surface area contributed by atoms with E-state index in [1.165, 1.54) is 5.56 Å². The Morgan fingerprint density at radius 1 is 1.02 bits per heavy atom. The molecule has 2 aliphatic rings. The quantitative estimate of drug-likeness (QED) is 0.184. The summed E-state index contributed by atoms with van der Waals surface area (Å²) in [6.07, 6.45) is 6.78. The van der Waals surface area contributed by atoms with Gasteiger partial charge in [-0.3, -0.25) is 14.5 Å². The van der Waals surface area contributed by atoms with Gasteiger partial charge in [0.1, 0.15) is 6.61 Å². The Kier molecular flexibility index (Phi) is 12.3. The van der Waals surface area contributed by atoms with Gasteiger partial charge in [-0.25, -0.2) is 0 Å². The second-order valence-corrected chi connectivity index (χ2v) is 11.7.